The van der Waals surface area contributed by atoms with Crippen molar-refractivity contribution in [3.05, 3.63) is 29.8 Å². The van der Waals surface area contributed by atoms with E-state index in [1.807, 2.05) is 0 Å². The van der Waals surface area contributed by atoms with Gasteiger partial charge in [-0.25, -0.2) is 9.59 Å². The Bertz CT molecular complexity index is 554. The first-order chi connectivity index (χ1) is 10.4. The molecule has 0 saturated carbocycles. The lowest BCUT2D eigenvalue weighted by Crippen LogP contribution is -2.61. The number of benzene rings is 1. The third kappa shape index (κ3) is 3.97. The fourth-order valence-corrected chi connectivity index (χ4v) is 1.99. The van der Waals surface area contributed by atoms with Crippen LogP contribution in [0.25, 0.3) is 0 Å². The van der Waals surface area contributed by atoms with Crippen LogP contribution < -0.4 is 10.1 Å². The first-order valence-electron chi connectivity index (χ1n) is 6.68. The number of hydrogen-bond acceptors (Lipinski definition) is 5. The SMILES string of the molecule is CCOC(=O)C(Cc1ccc(OC)cc1)(NC(C)=O)C(=O)O. The molecule has 1 unspecified atom stereocenters. The lowest BCUT2D eigenvalue weighted by Gasteiger charge is -2.27. The Balaban J connectivity index is 3.18. The van der Waals surface area contributed by atoms with Crippen molar-refractivity contribution >= 4 is 17.8 Å². The van der Waals surface area contributed by atoms with Gasteiger partial charge in [0.25, 0.3) is 0 Å². The average Bonchev–Trinajstić information content (AvgIpc) is 2.46. The molecule has 1 atom stereocenters. The topological polar surface area (TPSA) is 102 Å². The highest BCUT2D eigenvalue weighted by Crippen LogP contribution is 2.19. The van der Waals surface area contributed by atoms with E-state index in [0.29, 0.717) is 11.3 Å². The number of nitrogens with one attached hydrogen (secondary N) is 1. The fourth-order valence-electron chi connectivity index (χ4n) is 1.99. The molecule has 1 aromatic rings. The van der Waals surface area contributed by atoms with Crippen LogP contribution in [-0.4, -0.2) is 42.2 Å². The van der Waals surface area contributed by atoms with Gasteiger partial charge in [-0.05, 0) is 24.6 Å². The number of carbonyl (C=O) groups excluding carboxylic acids is 2. The largest absolute Gasteiger partial charge is 0.497 e. The molecule has 0 aliphatic rings. The van der Waals surface area contributed by atoms with Crippen LogP contribution in [0.4, 0.5) is 0 Å². The average molecular weight is 309 g/mol. The zero-order chi connectivity index (χ0) is 16.8. The normalized spacial score (nSPS) is 12.9. The molecule has 22 heavy (non-hydrogen) atoms. The molecule has 7 nitrogen and oxygen atoms in total. The van der Waals surface area contributed by atoms with E-state index in [9.17, 15) is 19.5 Å². The van der Waals surface area contributed by atoms with Crippen LogP contribution in [0.15, 0.2) is 24.3 Å². The van der Waals surface area contributed by atoms with E-state index < -0.39 is 23.4 Å². The van der Waals surface area contributed by atoms with Gasteiger partial charge in [-0.15, -0.1) is 0 Å². The molecular weight excluding hydrogens is 290 g/mol. The van der Waals surface area contributed by atoms with Crippen LogP contribution in [0.2, 0.25) is 0 Å². The van der Waals surface area contributed by atoms with Crippen LogP contribution in [0.3, 0.4) is 0 Å². The van der Waals surface area contributed by atoms with E-state index in [0.717, 1.165) is 6.92 Å². The molecule has 0 spiro atoms. The molecule has 1 amide bonds. The number of hydrogen-bond donors (Lipinski definition) is 2. The van der Waals surface area contributed by atoms with Gasteiger partial charge in [0, 0.05) is 13.3 Å². The molecule has 0 saturated heterocycles. The first kappa shape index (κ1) is 17.5. The van der Waals surface area contributed by atoms with E-state index in [1.165, 1.54) is 7.11 Å². The number of methoxy groups -OCH3 is 1. The van der Waals surface area contributed by atoms with Crippen molar-refractivity contribution in [2.24, 2.45) is 0 Å². The molecular formula is C15H19NO6. The second kappa shape index (κ2) is 7.44. The van der Waals surface area contributed by atoms with Crippen molar-refractivity contribution in [2.75, 3.05) is 13.7 Å². The molecule has 0 bridgehead atoms. The third-order valence-corrected chi connectivity index (χ3v) is 3.01. The number of aliphatic carboxylic acids is 1. The number of amides is 1. The number of ether oxygens (including phenoxy) is 2. The van der Waals surface area contributed by atoms with Crippen molar-refractivity contribution in [1.82, 2.24) is 5.32 Å². The van der Waals surface area contributed by atoms with Gasteiger partial charge < -0.3 is 19.9 Å². The van der Waals surface area contributed by atoms with Gasteiger partial charge in [0.1, 0.15) is 5.75 Å². The molecule has 0 fully saturated rings. The van der Waals surface area contributed by atoms with Crippen LogP contribution in [0, 0.1) is 0 Å². The van der Waals surface area contributed by atoms with Gasteiger partial charge in [0.05, 0.1) is 13.7 Å². The lowest BCUT2D eigenvalue weighted by molar-refractivity contribution is -0.164. The summed E-state index contributed by atoms with van der Waals surface area (Å²) in [4.78, 5) is 35.1. The van der Waals surface area contributed by atoms with Crippen molar-refractivity contribution in [1.29, 1.82) is 0 Å². The number of carbonyl (C=O) groups is 3. The summed E-state index contributed by atoms with van der Waals surface area (Å²) in [6.45, 7) is 2.71. The smallest absolute Gasteiger partial charge is 0.344 e. The number of carboxylic acid groups (broad SMARTS) is 1. The van der Waals surface area contributed by atoms with Crippen molar-refractivity contribution in [2.45, 2.75) is 25.8 Å². The van der Waals surface area contributed by atoms with E-state index in [4.69, 9.17) is 9.47 Å². The standard InChI is InChI=1S/C15H19NO6/c1-4-22-14(20)15(13(18)19,16-10(2)17)9-11-5-7-12(21-3)8-6-11/h5-8H,4,9H2,1-3H3,(H,16,17)(H,18,19). The Labute approximate surface area is 128 Å². The lowest BCUT2D eigenvalue weighted by atomic mass is 9.90. The van der Waals surface area contributed by atoms with Gasteiger partial charge in [-0.1, -0.05) is 12.1 Å². The van der Waals surface area contributed by atoms with Crippen LogP contribution in [0.1, 0.15) is 19.4 Å². The van der Waals surface area contributed by atoms with E-state index in [-0.39, 0.29) is 13.0 Å². The zero-order valence-electron chi connectivity index (χ0n) is 12.7. The fraction of sp³-hybridized carbons (Fsp3) is 0.400. The highest BCUT2D eigenvalue weighted by atomic mass is 16.5. The molecule has 0 aliphatic carbocycles. The molecule has 1 aromatic carbocycles. The minimum atomic E-state index is -2.16. The minimum Gasteiger partial charge on any atom is -0.497 e. The maximum atomic E-state index is 12.1. The van der Waals surface area contributed by atoms with Crippen molar-refractivity contribution in [3.63, 3.8) is 0 Å². The summed E-state index contributed by atoms with van der Waals surface area (Å²) in [6, 6.07) is 6.52. The molecule has 120 valence electrons. The highest BCUT2D eigenvalue weighted by molar-refractivity contribution is 6.07. The second-order valence-electron chi connectivity index (χ2n) is 4.64. The van der Waals surface area contributed by atoms with E-state index >= 15 is 0 Å². The Hall–Kier alpha value is -2.57. The van der Waals surface area contributed by atoms with Crippen LogP contribution in [-0.2, 0) is 25.5 Å². The van der Waals surface area contributed by atoms with Gasteiger partial charge in [0.15, 0.2) is 0 Å². The number of rotatable bonds is 7. The van der Waals surface area contributed by atoms with Crippen LogP contribution in [0.5, 0.6) is 5.75 Å². The van der Waals surface area contributed by atoms with Gasteiger partial charge in [0.2, 0.25) is 11.4 Å². The van der Waals surface area contributed by atoms with Gasteiger partial charge in [-0.2, -0.15) is 0 Å². The quantitative estimate of drug-likeness (QED) is 0.569. The monoisotopic (exact) mass is 309 g/mol. The maximum Gasteiger partial charge on any atom is 0.344 e. The number of carboxylic acids is 1. The van der Waals surface area contributed by atoms with Gasteiger partial charge >= 0.3 is 11.9 Å². The van der Waals surface area contributed by atoms with Crippen molar-refractivity contribution in [3.8, 4) is 5.75 Å². The third-order valence-electron chi connectivity index (χ3n) is 3.01. The van der Waals surface area contributed by atoms with Crippen LogP contribution >= 0.6 is 0 Å². The molecule has 1 rings (SSSR count). The summed E-state index contributed by atoms with van der Waals surface area (Å²) < 4.78 is 9.85. The number of esters is 1. The zero-order valence-corrected chi connectivity index (χ0v) is 12.7. The molecule has 0 radical (unpaired) electrons. The Morgan fingerprint density at radius 3 is 2.23 bits per heavy atom. The summed E-state index contributed by atoms with van der Waals surface area (Å²) in [6.07, 6.45) is -0.231. The molecule has 7 heteroatoms. The predicted molar refractivity (Wildman–Crippen MR) is 77.5 cm³/mol. The van der Waals surface area contributed by atoms with E-state index in [1.54, 1.807) is 31.2 Å². The first-order valence-corrected chi connectivity index (χ1v) is 6.68. The Kier molecular flexibility index (Phi) is 5.91. The van der Waals surface area contributed by atoms with Gasteiger partial charge in [-0.3, -0.25) is 4.79 Å². The molecule has 0 aromatic heterocycles. The molecule has 2 N–H and O–H groups in total. The summed E-state index contributed by atoms with van der Waals surface area (Å²) in [7, 11) is 1.51. The Morgan fingerprint density at radius 2 is 1.82 bits per heavy atom. The summed E-state index contributed by atoms with van der Waals surface area (Å²) >= 11 is 0. The summed E-state index contributed by atoms with van der Waals surface area (Å²) in [5, 5.41) is 11.7. The molecule has 0 aliphatic heterocycles. The summed E-state index contributed by atoms with van der Waals surface area (Å²) in [5.41, 5.74) is -1.61. The van der Waals surface area contributed by atoms with E-state index in [2.05, 4.69) is 5.32 Å². The Morgan fingerprint density at radius 1 is 1.23 bits per heavy atom. The summed E-state index contributed by atoms with van der Waals surface area (Å²) in [5.74, 6) is -2.52. The predicted octanol–water partition coefficient (Wildman–Crippen LogP) is 0.760. The molecule has 0 heterocycles. The highest BCUT2D eigenvalue weighted by Gasteiger charge is 2.48. The minimum absolute atomic E-state index is 0.00998. The second-order valence-corrected chi connectivity index (χ2v) is 4.64. The maximum absolute atomic E-state index is 12.1. The van der Waals surface area contributed by atoms with Crippen molar-refractivity contribution < 1.29 is 29.0 Å².